The van der Waals surface area contributed by atoms with E-state index in [9.17, 15) is 14.4 Å². The summed E-state index contributed by atoms with van der Waals surface area (Å²) in [5.74, 6) is -0.743. The molecule has 1 aromatic heterocycles. The van der Waals surface area contributed by atoms with Crippen molar-refractivity contribution in [3.63, 3.8) is 0 Å². The van der Waals surface area contributed by atoms with E-state index < -0.39 is 5.91 Å². The van der Waals surface area contributed by atoms with Crippen LogP contribution in [0.4, 0.5) is 0 Å². The van der Waals surface area contributed by atoms with Gasteiger partial charge >= 0.3 is 0 Å². The van der Waals surface area contributed by atoms with Crippen LogP contribution in [0.2, 0.25) is 0 Å². The Morgan fingerprint density at radius 3 is 2.67 bits per heavy atom. The average Bonchev–Trinajstić information content (AvgIpc) is 2.36. The third-order valence-electron chi connectivity index (χ3n) is 2.17. The summed E-state index contributed by atoms with van der Waals surface area (Å²) in [5.41, 5.74) is -0.201. The first-order valence-corrected chi connectivity index (χ1v) is 5.64. The number of nitrogens with zero attached hydrogens (tertiary/aromatic N) is 2. The molecule has 1 aromatic rings. The van der Waals surface area contributed by atoms with Crippen LogP contribution in [0.5, 0.6) is 0 Å². The van der Waals surface area contributed by atoms with Gasteiger partial charge in [0.25, 0.3) is 11.5 Å². The molecule has 0 atom stereocenters. The summed E-state index contributed by atoms with van der Waals surface area (Å²) in [4.78, 5) is 34.0. The molecule has 1 rings (SSSR count). The van der Waals surface area contributed by atoms with E-state index in [2.05, 4.69) is 15.7 Å². The normalized spacial score (nSPS) is 9.89. The predicted molar refractivity (Wildman–Crippen MR) is 65.1 cm³/mol. The molecule has 0 aliphatic rings. The van der Waals surface area contributed by atoms with Gasteiger partial charge in [0.1, 0.15) is 5.69 Å². The fourth-order valence-electron chi connectivity index (χ4n) is 1.20. The van der Waals surface area contributed by atoms with Crippen molar-refractivity contribution in [1.29, 1.82) is 0 Å². The molecule has 1 heterocycles. The lowest BCUT2D eigenvalue weighted by Crippen LogP contribution is -2.38. The first kappa shape index (κ1) is 13.9. The molecule has 0 saturated carbocycles. The minimum absolute atomic E-state index is 0.0976. The molecule has 2 amide bonds. The summed E-state index contributed by atoms with van der Waals surface area (Å²) >= 11 is 0. The molecule has 0 aliphatic carbocycles. The minimum atomic E-state index is -0.489. The lowest BCUT2D eigenvalue weighted by atomic mass is 10.3. The molecule has 98 valence electrons. The number of carbonyl (C=O) groups excluding carboxylic acids is 2. The zero-order chi connectivity index (χ0) is 13.5. The molecular formula is C11H16N4O3. The monoisotopic (exact) mass is 252 g/mol. The van der Waals surface area contributed by atoms with Crippen LogP contribution >= 0.6 is 0 Å². The molecule has 0 saturated heterocycles. The zero-order valence-electron chi connectivity index (χ0n) is 10.4. The van der Waals surface area contributed by atoms with Gasteiger partial charge in [-0.2, -0.15) is 5.10 Å². The van der Waals surface area contributed by atoms with Gasteiger partial charge in [-0.15, -0.1) is 0 Å². The van der Waals surface area contributed by atoms with E-state index in [1.54, 1.807) is 0 Å². The molecule has 0 aromatic carbocycles. The molecule has 7 nitrogen and oxygen atoms in total. The number of hydrogen-bond acceptors (Lipinski definition) is 4. The van der Waals surface area contributed by atoms with Crippen LogP contribution in [0.3, 0.4) is 0 Å². The summed E-state index contributed by atoms with van der Waals surface area (Å²) < 4.78 is 1.06. The number of carbonyl (C=O) groups is 2. The van der Waals surface area contributed by atoms with Crippen molar-refractivity contribution < 1.29 is 9.59 Å². The van der Waals surface area contributed by atoms with E-state index in [0.717, 1.165) is 11.1 Å². The van der Waals surface area contributed by atoms with Gasteiger partial charge in [0.05, 0.1) is 6.54 Å². The van der Waals surface area contributed by atoms with Crippen molar-refractivity contribution in [3.8, 4) is 0 Å². The number of aromatic nitrogens is 2. The number of nitrogens with one attached hydrogen (secondary N) is 2. The Balaban J connectivity index is 2.52. The van der Waals surface area contributed by atoms with Crippen molar-refractivity contribution in [2.45, 2.75) is 13.3 Å². The van der Waals surface area contributed by atoms with Crippen LogP contribution in [-0.2, 0) is 11.8 Å². The highest BCUT2D eigenvalue weighted by atomic mass is 16.2. The summed E-state index contributed by atoms with van der Waals surface area (Å²) in [6, 6.07) is 2.57. The molecule has 2 N–H and O–H groups in total. The van der Waals surface area contributed by atoms with Crippen LogP contribution < -0.4 is 16.2 Å². The Kier molecular flexibility index (Phi) is 5.04. The van der Waals surface area contributed by atoms with Gasteiger partial charge in [-0.25, -0.2) is 4.68 Å². The highest BCUT2D eigenvalue weighted by molar-refractivity contribution is 5.94. The second-order valence-corrected chi connectivity index (χ2v) is 3.71. The number of aryl methyl sites for hydroxylation is 1. The molecule has 0 radical (unpaired) electrons. The van der Waals surface area contributed by atoms with Gasteiger partial charge in [-0.05, 0) is 12.5 Å². The summed E-state index contributed by atoms with van der Waals surface area (Å²) in [6.45, 7) is 2.41. The minimum Gasteiger partial charge on any atom is -0.355 e. The maximum Gasteiger partial charge on any atom is 0.272 e. The van der Waals surface area contributed by atoms with E-state index in [1.165, 1.54) is 19.2 Å². The standard InChI is InChI=1S/C11H16N4O3/c1-3-6-12-9(16)7-13-11(18)8-4-5-10(17)15(2)14-8/h4-5H,3,6-7H2,1-2H3,(H,12,16)(H,13,18). The maximum atomic E-state index is 11.6. The molecule has 0 unspecified atom stereocenters. The van der Waals surface area contributed by atoms with Gasteiger partial charge in [-0.1, -0.05) is 6.92 Å². The van der Waals surface area contributed by atoms with E-state index in [4.69, 9.17) is 0 Å². The van der Waals surface area contributed by atoms with Crippen molar-refractivity contribution in [3.05, 3.63) is 28.2 Å². The summed E-state index contributed by atoms with van der Waals surface area (Å²) in [5, 5.41) is 8.83. The van der Waals surface area contributed by atoms with E-state index in [1.807, 2.05) is 6.92 Å². The van der Waals surface area contributed by atoms with Crippen LogP contribution in [0, 0.1) is 0 Å². The van der Waals surface area contributed by atoms with E-state index in [0.29, 0.717) is 6.54 Å². The van der Waals surface area contributed by atoms with Gasteiger partial charge in [0.2, 0.25) is 5.91 Å². The molecule has 0 bridgehead atoms. The van der Waals surface area contributed by atoms with Crippen molar-refractivity contribution in [1.82, 2.24) is 20.4 Å². The molecule has 7 heteroatoms. The first-order chi connectivity index (χ1) is 8.54. The zero-order valence-corrected chi connectivity index (χ0v) is 10.4. The second kappa shape index (κ2) is 6.53. The Labute approximate surface area is 104 Å². The van der Waals surface area contributed by atoms with Gasteiger partial charge in [-0.3, -0.25) is 14.4 Å². The highest BCUT2D eigenvalue weighted by Crippen LogP contribution is 1.89. The van der Waals surface area contributed by atoms with Crippen LogP contribution in [0.1, 0.15) is 23.8 Å². The van der Waals surface area contributed by atoms with Crippen molar-refractivity contribution in [2.24, 2.45) is 7.05 Å². The van der Waals surface area contributed by atoms with Crippen LogP contribution in [0.25, 0.3) is 0 Å². The SMILES string of the molecule is CCCNC(=O)CNC(=O)c1ccc(=O)n(C)n1. The summed E-state index contributed by atoms with van der Waals surface area (Å²) in [7, 11) is 1.45. The molecule has 0 aliphatic heterocycles. The first-order valence-electron chi connectivity index (χ1n) is 5.64. The van der Waals surface area contributed by atoms with Gasteiger partial charge < -0.3 is 10.6 Å². The fourth-order valence-corrected chi connectivity index (χ4v) is 1.20. The maximum absolute atomic E-state index is 11.6. The molecule has 0 fully saturated rings. The quantitative estimate of drug-likeness (QED) is 0.705. The predicted octanol–water partition coefficient (Wildman–Crippen LogP) is -0.964. The average molecular weight is 252 g/mol. The fraction of sp³-hybridized carbons (Fsp3) is 0.455. The Morgan fingerprint density at radius 2 is 2.06 bits per heavy atom. The van der Waals surface area contributed by atoms with Gasteiger partial charge in [0, 0.05) is 19.7 Å². The largest absolute Gasteiger partial charge is 0.355 e. The number of amides is 2. The van der Waals surface area contributed by atoms with Crippen LogP contribution in [0.15, 0.2) is 16.9 Å². The molecular weight excluding hydrogens is 236 g/mol. The Bertz CT molecular complexity index is 495. The number of rotatable bonds is 5. The smallest absolute Gasteiger partial charge is 0.272 e. The van der Waals surface area contributed by atoms with Crippen LogP contribution in [-0.4, -0.2) is 34.7 Å². The summed E-state index contributed by atoms with van der Waals surface area (Å²) in [6.07, 6.45) is 0.835. The lowest BCUT2D eigenvalue weighted by molar-refractivity contribution is -0.120. The molecule has 0 spiro atoms. The van der Waals surface area contributed by atoms with E-state index in [-0.39, 0.29) is 23.7 Å². The van der Waals surface area contributed by atoms with E-state index >= 15 is 0 Å². The number of hydrogen-bond donors (Lipinski definition) is 2. The topological polar surface area (TPSA) is 93.1 Å². The highest BCUT2D eigenvalue weighted by Gasteiger charge is 2.09. The lowest BCUT2D eigenvalue weighted by Gasteiger charge is -2.06. The van der Waals surface area contributed by atoms with Gasteiger partial charge in [0.15, 0.2) is 0 Å². The second-order valence-electron chi connectivity index (χ2n) is 3.71. The molecule has 18 heavy (non-hydrogen) atoms. The Morgan fingerprint density at radius 1 is 1.33 bits per heavy atom. The Hall–Kier alpha value is -2.18. The van der Waals surface area contributed by atoms with Crippen molar-refractivity contribution in [2.75, 3.05) is 13.1 Å². The van der Waals surface area contributed by atoms with Crippen molar-refractivity contribution >= 4 is 11.8 Å². The third-order valence-corrected chi connectivity index (χ3v) is 2.17. The third kappa shape index (κ3) is 4.00.